The molecule has 0 atom stereocenters. The Balaban J connectivity index is 3.46. The van der Waals surface area contributed by atoms with Gasteiger partial charge in [-0.3, -0.25) is 0 Å². The minimum absolute atomic E-state index is 0.447. The van der Waals surface area contributed by atoms with Gasteiger partial charge in [0.05, 0.1) is 11.1 Å². The Kier molecular flexibility index (Phi) is 4.15. The van der Waals surface area contributed by atoms with Crippen LogP contribution in [0.3, 0.4) is 0 Å². The van der Waals surface area contributed by atoms with E-state index in [1.807, 2.05) is 0 Å². The van der Waals surface area contributed by atoms with Crippen molar-refractivity contribution in [1.29, 1.82) is 0 Å². The van der Waals surface area contributed by atoms with Crippen molar-refractivity contribution in [2.45, 2.75) is 17.8 Å². The fourth-order valence-corrected chi connectivity index (χ4v) is 2.46. The molecule has 0 spiro atoms. The Morgan fingerprint density at radius 2 is 1.70 bits per heavy atom. The topological polar surface area (TPSA) is 158 Å². The number of aliphatic hydroxyl groups is 2. The van der Waals surface area contributed by atoms with Crippen molar-refractivity contribution in [1.82, 2.24) is 0 Å². The van der Waals surface area contributed by atoms with E-state index in [0.29, 0.717) is 19.1 Å². The first-order chi connectivity index (χ1) is 8.94. The normalized spacial score (nSPS) is 12.2. The third-order valence-corrected chi connectivity index (χ3v) is 3.42. The second-order valence-electron chi connectivity index (χ2n) is 3.79. The number of hydrogen-bond donors (Lipinski definition) is 4. The molecule has 0 amide bonds. The van der Waals surface area contributed by atoms with Crippen LogP contribution >= 0.6 is 0 Å². The smallest absolute Gasteiger partial charge is 0.337 e. The Hall–Kier alpha value is -2.01. The number of carboxylic acid groups (broad SMARTS) is 2. The zero-order valence-electron chi connectivity index (χ0n) is 9.97. The molecule has 1 rings (SSSR count). The molecule has 0 aliphatic rings. The van der Waals surface area contributed by atoms with E-state index in [2.05, 4.69) is 4.18 Å². The van der Waals surface area contributed by atoms with Gasteiger partial charge >= 0.3 is 22.1 Å². The average Bonchev–Trinajstić information content (AvgIpc) is 2.24. The second-order valence-corrected chi connectivity index (χ2v) is 5.31. The Morgan fingerprint density at radius 3 is 2.10 bits per heavy atom. The van der Waals surface area contributed by atoms with Crippen LogP contribution in [0.5, 0.6) is 0 Å². The van der Waals surface area contributed by atoms with E-state index in [9.17, 15) is 18.0 Å². The largest absolute Gasteiger partial charge is 0.478 e. The zero-order chi connectivity index (χ0) is 15.7. The molecule has 110 valence electrons. The summed E-state index contributed by atoms with van der Waals surface area (Å²) in [5.74, 6) is -6.21. The fourth-order valence-electron chi connectivity index (χ4n) is 1.30. The van der Waals surface area contributed by atoms with Crippen molar-refractivity contribution < 1.29 is 42.6 Å². The van der Waals surface area contributed by atoms with E-state index in [0.717, 1.165) is 6.07 Å². The van der Waals surface area contributed by atoms with E-state index in [1.54, 1.807) is 0 Å². The van der Waals surface area contributed by atoms with E-state index in [4.69, 9.17) is 20.4 Å². The maximum absolute atomic E-state index is 11.7. The molecule has 0 aliphatic carbocycles. The van der Waals surface area contributed by atoms with Crippen LogP contribution in [0, 0.1) is 0 Å². The third-order valence-electron chi connectivity index (χ3n) is 1.99. The third kappa shape index (κ3) is 3.74. The highest BCUT2D eigenvalue weighted by Crippen LogP contribution is 2.22. The predicted octanol–water partition coefficient (Wildman–Crippen LogP) is -0.553. The molecule has 0 radical (unpaired) electrons. The van der Waals surface area contributed by atoms with Crippen LogP contribution < -0.4 is 0 Å². The summed E-state index contributed by atoms with van der Waals surface area (Å²) in [5, 5.41) is 35.4. The summed E-state index contributed by atoms with van der Waals surface area (Å²) in [6.07, 6.45) is 0. The Morgan fingerprint density at radius 1 is 1.15 bits per heavy atom. The number of hydrogen-bond acceptors (Lipinski definition) is 7. The van der Waals surface area contributed by atoms with Crippen LogP contribution in [0.2, 0.25) is 0 Å². The van der Waals surface area contributed by atoms with Crippen LogP contribution in [0.15, 0.2) is 23.1 Å². The summed E-state index contributed by atoms with van der Waals surface area (Å²) in [4.78, 5) is 20.8. The number of benzene rings is 1. The van der Waals surface area contributed by atoms with Gasteiger partial charge in [-0.1, -0.05) is 0 Å². The monoisotopic (exact) mass is 306 g/mol. The number of aromatic carboxylic acids is 2. The van der Waals surface area contributed by atoms with Gasteiger partial charge in [0.1, 0.15) is 4.90 Å². The van der Waals surface area contributed by atoms with Gasteiger partial charge in [0.2, 0.25) is 0 Å². The first-order valence-corrected chi connectivity index (χ1v) is 6.36. The molecule has 0 saturated carbocycles. The van der Waals surface area contributed by atoms with Gasteiger partial charge < -0.3 is 20.4 Å². The molecule has 0 heterocycles. The van der Waals surface area contributed by atoms with E-state index >= 15 is 0 Å². The van der Waals surface area contributed by atoms with Crippen molar-refractivity contribution in [3.05, 3.63) is 29.3 Å². The van der Waals surface area contributed by atoms with Crippen molar-refractivity contribution in [3.8, 4) is 0 Å². The maximum Gasteiger partial charge on any atom is 0.337 e. The van der Waals surface area contributed by atoms with Crippen molar-refractivity contribution in [2.24, 2.45) is 0 Å². The summed E-state index contributed by atoms with van der Waals surface area (Å²) in [6.45, 7) is 0.608. The molecule has 9 nitrogen and oxygen atoms in total. The van der Waals surface area contributed by atoms with Crippen molar-refractivity contribution >= 4 is 22.1 Å². The maximum atomic E-state index is 11.7. The summed E-state index contributed by atoms with van der Waals surface area (Å²) in [7, 11) is -4.81. The van der Waals surface area contributed by atoms with Gasteiger partial charge in [-0.25, -0.2) is 13.8 Å². The molecule has 10 heteroatoms. The standard InChI is InChI=1S/C10H10O9S/c1-10(15,16)19-20(17,18)7-3-2-5(8(11)12)4-6(7)9(13)14/h2-4,15-16H,1H3,(H,11,12)(H,13,14). The zero-order valence-corrected chi connectivity index (χ0v) is 10.8. The number of rotatable bonds is 5. The van der Waals surface area contributed by atoms with Gasteiger partial charge in [-0.2, -0.15) is 8.42 Å². The second kappa shape index (κ2) is 5.17. The minimum atomic E-state index is -4.81. The lowest BCUT2D eigenvalue weighted by Crippen LogP contribution is -2.31. The van der Waals surface area contributed by atoms with Crippen LogP contribution in [0.1, 0.15) is 27.6 Å². The molecule has 0 fully saturated rings. The first kappa shape index (κ1) is 16.0. The molecule has 0 aliphatic heterocycles. The molecule has 0 aromatic heterocycles. The summed E-state index contributed by atoms with van der Waals surface area (Å²) in [6, 6.07) is 2.15. The molecule has 0 saturated heterocycles. The molecular formula is C10H10O9S. The Bertz CT molecular complexity index is 654. The molecule has 0 unspecified atom stereocenters. The van der Waals surface area contributed by atoms with Gasteiger partial charge in [-0.15, -0.1) is 0 Å². The molecule has 20 heavy (non-hydrogen) atoms. The first-order valence-electron chi connectivity index (χ1n) is 4.95. The van der Waals surface area contributed by atoms with Crippen LogP contribution in [0.25, 0.3) is 0 Å². The highest BCUT2D eigenvalue weighted by Gasteiger charge is 2.31. The lowest BCUT2D eigenvalue weighted by molar-refractivity contribution is -0.275. The molecular weight excluding hydrogens is 296 g/mol. The van der Waals surface area contributed by atoms with E-state index < -0.39 is 44.1 Å². The van der Waals surface area contributed by atoms with E-state index in [-0.39, 0.29) is 0 Å². The Labute approximate surface area is 112 Å². The SMILES string of the molecule is CC(O)(O)OS(=O)(=O)c1ccc(C(=O)O)cc1C(=O)O. The highest BCUT2D eigenvalue weighted by molar-refractivity contribution is 7.86. The van der Waals surface area contributed by atoms with Gasteiger partial charge in [-0.05, 0) is 18.2 Å². The lowest BCUT2D eigenvalue weighted by atomic mass is 10.1. The van der Waals surface area contributed by atoms with Crippen molar-refractivity contribution in [3.63, 3.8) is 0 Å². The van der Waals surface area contributed by atoms with Crippen LogP contribution in [-0.2, 0) is 14.3 Å². The predicted molar refractivity (Wildman–Crippen MR) is 61.5 cm³/mol. The van der Waals surface area contributed by atoms with Crippen LogP contribution in [0.4, 0.5) is 0 Å². The minimum Gasteiger partial charge on any atom is -0.478 e. The van der Waals surface area contributed by atoms with Gasteiger partial charge in [0.15, 0.2) is 0 Å². The van der Waals surface area contributed by atoms with Gasteiger partial charge in [0.25, 0.3) is 5.97 Å². The lowest BCUT2D eigenvalue weighted by Gasteiger charge is -2.16. The summed E-state index contributed by atoms with van der Waals surface area (Å²) >= 11 is 0. The summed E-state index contributed by atoms with van der Waals surface area (Å²) in [5.41, 5.74) is -1.31. The molecule has 1 aromatic carbocycles. The highest BCUT2D eigenvalue weighted by atomic mass is 32.2. The number of carboxylic acids is 2. The molecule has 0 bridgehead atoms. The number of carbonyl (C=O) groups is 2. The van der Waals surface area contributed by atoms with E-state index in [1.165, 1.54) is 0 Å². The van der Waals surface area contributed by atoms with Crippen molar-refractivity contribution in [2.75, 3.05) is 0 Å². The summed E-state index contributed by atoms with van der Waals surface area (Å²) < 4.78 is 27.4. The molecule has 1 aromatic rings. The average molecular weight is 306 g/mol. The van der Waals surface area contributed by atoms with Gasteiger partial charge in [0, 0.05) is 6.92 Å². The molecule has 4 N–H and O–H groups in total. The fraction of sp³-hybridized carbons (Fsp3) is 0.200. The quantitative estimate of drug-likeness (QED) is 0.413. The van der Waals surface area contributed by atoms with Crippen LogP contribution in [-0.4, -0.2) is 46.8 Å².